The third-order valence-corrected chi connectivity index (χ3v) is 4.90. The first-order valence-corrected chi connectivity index (χ1v) is 8.80. The fourth-order valence-electron chi connectivity index (χ4n) is 3.33. The molecule has 0 bridgehead atoms. The number of benzene rings is 1. The summed E-state index contributed by atoms with van der Waals surface area (Å²) in [5.41, 5.74) is 1.24. The van der Waals surface area contributed by atoms with Crippen LogP contribution in [-0.4, -0.2) is 25.0 Å². The Morgan fingerprint density at radius 2 is 1.62 bits per heavy atom. The van der Waals surface area contributed by atoms with E-state index in [1.165, 1.54) is 5.56 Å². The van der Waals surface area contributed by atoms with Crippen molar-refractivity contribution < 1.29 is 14.2 Å². The molecular weight excluding hydrogens is 326 g/mol. The second-order valence-corrected chi connectivity index (χ2v) is 7.44. The van der Waals surface area contributed by atoms with Crippen LogP contribution in [0.1, 0.15) is 46.1 Å². The molecule has 2 unspecified atom stereocenters. The second kappa shape index (κ2) is 8.41. The topological polar surface area (TPSA) is 39.7 Å². The van der Waals surface area contributed by atoms with Crippen molar-refractivity contribution >= 4 is 12.4 Å². The molecule has 1 fully saturated rings. The molecule has 136 valence electrons. The van der Waals surface area contributed by atoms with Crippen LogP contribution >= 0.6 is 12.4 Å². The van der Waals surface area contributed by atoms with E-state index in [0.29, 0.717) is 36.9 Å². The molecular formula is C19H30ClNO3. The summed E-state index contributed by atoms with van der Waals surface area (Å²) in [6, 6.07) is 6.69. The van der Waals surface area contributed by atoms with Crippen molar-refractivity contribution in [3.8, 4) is 11.5 Å². The molecule has 24 heavy (non-hydrogen) atoms. The van der Waals surface area contributed by atoms with Gasteiger partial charge in [-0.2, -0.15) is 0 Å². The average Bonchev–Trinajstić information content (AvgIpc) is 3.00. The number of fused-ring (bicyclic) bond motifs is 1. The maximum absolute atomic E-state index is 6.28. The Morgan fingerprint density at radius 3 is 2.25 bits per heavy atom. The summed E-state index contributed by atoms with van der Waals surface area (Å²) in [6.07, 6.45) is 2.88. The molecule has 2 aliphatic rings. The van der Waals surface area contributed by atoms with Gasteiger partial charge in [-0.25, -0.2) is 0 Å². The monoisotopic (exact) mass is 355 g/mol. The molecule has 1 N–H and O–H groups in total. The fraction of sp³-hybridized carbons (Fsp3) is 0.684. The Hall–Kier alpha value is -0.970. The van der Waals surface area contributed by atoms with E-state index in [4.69, 9.17) is 14.2 Å². The predicted molar refractivity (Wildman–Crippen MR) is 98.0 cm³/mol. The molecule has 2 heterocycles. The Labute approximate surface area is 151 Å². The number of hydrogen-bond donors (Lipinski definition) is 1. The standard InChI is InChI=1S/C19H29NO3.ClH/c1-12(2)17-8-15(9-18(23-17)13(3)4)20-10-14-5-6-16-19(7-14)22-11-21-16;/h5-7,12-13,15,17-18,20H,8-11H2,1-4H3;1H. The van der Waals surface area contributed by atoms with Gasteiger partial charge in [0.25, 0.3) is 0 Å². The molecule has 1 aromatic rings. The van der Waals surface area contributed by atoms with E-state index in [1.54, 1.807) is 0 Å². The van der Waals surface area contributed by atoms with Crippen molar-refractivity contribution in [2.45, 2.75) is 65.3 Å². The zero-order chi connectivity index (χ0) is 16.4. The lowest BCUT2D eigenvalue weighted by Crippen LogP contribution is -2.46. The van der Waals surface area contributed by atoms with E-state index < -0.39 is 0 Å². The molecule has 2 aliphatic heterocycles. The first kappa shape index (κ1) is 19.4. The number of nitrogens with one attached hydrogen (secondary N) is 1. The number of ether oxygens (including phenoxy) is 3. The quantitative estimate of drug-likeness (QED) is 0.861. The summed E-state index contributed by atoms with van der Waals surface area (Å²) >= 11 is 0. The molecule has 1 saturated heterocycles. The van der Waals surface area contributed by atoms with Gasteiger partial charge in [0.05, 0.1) is 12.2 Å². The molecule has 5 heteroatoms. The largest absolute Gasteiger partial charge is 0.454 e. The first-order valence-electron chi connectivity index (χ1n) is 8.80. The van der Waals surface area contributed by atoms with Crippen LogP contribution in [0.5, 0.6) is 11.5 Å². The van der Waals surface area contributed by atoms with Crippen LogP contribution in [0.2, 0.25) is 0 Å². The summed E-state index contributed by atoms with van der Waals surface area (Å²) in [7, 11) is 0. The minimum atomic E-state index is 0. The van der Waals surface area contributed by atoms with Gasteiger partial charge in [0.1, 0.15) is 0 Å². The van der Waals surface area contributed by atoms with Crippen LogP contribution in [0.25, 0.3) is 0 Å². The lowest BCUT2D eigenvalue weighted by molar-refractivity contribution is -0.0995. The molecule has 2 atom stereocenters. The van der Waals surface area contributed by atoms with Crippen LogP contribution in [0, 0.1) is 11.8 Å². The van der Waals surface area contributed by atoms with Gasteiger partial charge >= 0.3 is 0 Å². The fourth-order valence-corrected chi connectivity index (χ4v) is 3.33. The molecule has 0 saturated carbocycles. The van der Waals surface area contributed by atoms with E-state index in [9.17, 15) is 0 Å². The molecule has 3 rings (SSSR count). The molecule has 0 spiro atoms. The minimum absolute atomic E-state index is 0. The Morgan fingerprint density at radius 1 is 1.00 bits per heavy atom. The summed E-state index contributed by atoms with van der Waals surface area (Å²) in [5.74, 6) is 2.83. The SMILES string of the molecule is CC(C)C1CC(NCc2ccc3c(c2)OCO3)CC(C(C)C)O1.Cl. The van der Waals surface area contributed by atoms with Crippen LogP contribution in [-0.2, 0) is 11.3 Å². The van der Waals surface area contributed by atoms with Crippen LogP contribution in [0.4, 0.5) is 0 Å². The van der Waals surface area contributed by atoms with Crippen LogP contribution in [0.3, 0.4) is 0 Å². The van der Waals surface area contributed by atoms with Gasteiger partial charge in [-0.15, -0.1) is 12.4 Å². The second-order valence-electron chi connectivity index (χ2n) is 7.44. The summed E-state index contributed by atoms with van der Waals surface area (Å²) < 4.78 is 17.1. The summed E-state index contributed by atoms with van der Waals surface area (Å²) in [6.45, 7) is 10.2. The first-order chi connectivity index (χ1) is 11.0. The van der Waals surface area contributed by atoms with Crippen molar-refractivity contribution in [1.29, 1.82) is 0 Å². The summed E-state index contributed by atoms with van der Waals surface area (Å²) in [4.78, 5) is 0. The Balaban J connectivity index is 0.00000208. The molecule has 0 aliphatic carbocycles. The number of rotatable bonds is 5. The predicted octanol–water partition coefficient (Wildman–Crippen LogP) is 4.15. The van der Waals surface area contributed by atoms with Crippen molar-refractivity contribution in [2.24, 2.45) is 11.8 Å². The van der Waals surface area contributed by atoms with E-state index in [0.717, 1.165) is 30.9 Å². The number of hydrogen-bond acceptors (Lipinski definition) is 4. The zero-order valence-corrected chi connectivity index (χ0v) is 15.9. The van der Waals surface area contributed by atoms with Crippen molar-refractivity contribution in [3.63, 3.8) is 0 Å². The van der Waals surface area contributed by atoms with Gasteiger partial charge in [0, 0.05) is 12.6 Å². The minimum Gasteiger partial charge on any atom is -0.454 e. The normalized spacial score (nSPS) is 25.8. The smallest absolute Gasteiger partial charge is 0.231 e. The zero-order valence-electron chi connectivity index (χ0n) is 15.1. The molecule has 0 aromatic heterocycles. The molecule has 0 amide bonds. The van der Waals surface area contributed by atoms with Gasteiger partial charge in [0.15, 0.2) is 11.5 Å². The van der Waals surface area contributed by atoms with Gasteiger partial charge in [-0.1, -0.05) is 33.8 Å². The van der Waals surface area contributed by atoms with E-state index >= 15 is 0 Å². The maximum Gasteiger partial charge on any atom is 0.231 e. The average molecular weight is 356 g/mol. The van der Waals surface area contributed by atoms with Crippen molar-refractivity contribution in [3.05, 3.63) is 23.8 Å². The van der Waals surface area contributed by atoms with Crippen LogP contribution in [0.15, 0.2) is 18.2 Å². The van der Waals surface area contributed by atoms with E-state index in [2.05, 4.69) is 45.1 Å². The lowest BCUT2D eigenvalue weighted by Gasteiger charge is -2.39. The Bertz CT molecular complexity index is 519. The highest BCUT2D eigenvalue weighted by molar-refractivity contribution is 5.85. The highest BCUT2D eigenvalue weighted by atomic mass is 35.5. The lowest BCUT2D eigenvalue weighted by atomic mass is 9.88. The van der Waals surface area contributed by atoms with Crippen molar-refractivity contribution in [2.75, 3.05) is 6.79 Å². The van der Waals surface area contributed by atoms with Gasteiger partial charge < -0.3 is 19.5 Å². The van der Waals surface area contributed by atoms with Crippen LogP contribution < -0.4 is 14.8 Å². The third-order valence-electron chi connectivity index (χ3n) is 4.90. The molecule has 4 nitrogen and oxygen atoms in total. The van der Waals surface area contributed by atoms with Gasteiger partial charge in [-0.3, -0.25) is 0 Å². The van der Waals surface area contributed by atoms with E-state index in [1.807, 2.05) is 6.07 Å². The van der Waals surface area contributed by atoms with Gasteiger partial charge in [0.2, 0.25) is 6.79 Å². The number of halogens is 1. The summed E-state index contributed by atoms with van der Waals surface area (Å²) in [5, 5.41) is 3.72. The van der Waals surface area contributed by atoms with Crippen molar-refractivity contribution in [1.82, 2.24) is 5.32 Å². The highest BCUT2D eigenvalue weighted by Gasteiger charge is 2.32. The van der Waals surface area contributed by atoms with Gasteiger partial charge in [-0.05, 0) is 42.4 Å². The molecule has 0 radical (unpaired) electrons. The van der Waals surface area contributed by atoms with E-state index in [-0.39, 0.29) is 12.4 Å². The molecule has 1 aromatic carbocycles. The maximum atomic E-state index is 6.28. The third kappa shape index (κ3) is 4.56. The highest BCUT2D eigenvalue weighted by Crippen LogP contribution is 2.33. The Kier molecular flexibility index (Phi) is 6.79.